The quantitative estimate of drug-likeness (QED) is 0.794. The van der Waals surface area contributed by atoms with Crippen molar-refractivity contribution in [2.75, 3.05) is 37.5 Å². The van der Waals surface area contributed by atoms with Crippen molar-refractivity contribution in [3.63, 3.8) is 0 Å². The fraction of sp³-hybridized carbons (Fsp3) is 0.769. The fourth-order valence-corrected chi connectivity index (χ4v) is 3.64. The van der Waals surface area contributed by atoms with Crippen molar-refractivity contribution in [3.8, 4) is 0 Å². The molecule has 0 amide bonds. The Morgan fingerprint density at radius 2 is 2.33 bits per heavy atom. The second kappa shape index (κ2) is 6.73. The molecule has 0 spiro atoms. The molecular formula is C13H22ClN3S. The first kappa shape index (κ1) is 14.1. The summed E-state index contributed by atoms with van der Waals surface area (Å²) in [5.41, 5.74) is 1.14. The summed E-state index contributed by atoms with van der Waals surface area (Å²) in [7, 11) is 2.22. The molecule has 1 atom stereocenters. The van der Waals surface area contributed by atoms with E-state index >= 15 is 0 Å². The van der Waals surface area contributed by atoms with Gasteiger partial charge in [-0.15, -0.1) is 22.9 Å². The van der Waals surface area contributed by atoms with Crippen LogP contribution in [0.4, 0.5) is 5.13 Å². The van der Waals surface area contributed by atoms with Crippen LogP contribution >= 0.6 is 22.9 Å². The maximum absolute atomic E-state index is 5.78. The molecule has 1 unspecified atom stereocenters. The van der Waals surface area contributed by atoms with Crippen LogP contribution in [0.15, 0.2) is 5.38 Å². The first-order valence-electron chi connectivity index (χ1n) is 6.70. The van der Waals surface area contributed by atoms with E-state index in [1.165, 1.54) is 24.5 Å². The summed E-state index contributed by atoms with van der Waals surface area (Å²) >= 11 is 7.54. The fourth-order valence-electron chi connectivity index (χ4n) is 2.48. The monoisotopic (exact) mass is 287 g/mol. The van der Waals surface area contributed by atoms with Crippen LogP contribution < -0.4 is 4.90 Å². The van der Waals surface area contributed by atoms with Gasteiger partial charge < -0.3 is 9.80 Å². The van der Waals surface area contributed by atoms with E-state index in [4.69, 9.17) is 16.6 Å². The number of nitrogens with zero attached hydrogens (tertiary/aromatic N) is 3. The first-order valence-corrected chi connectivity index (χ1v) is 8.11. The summed E-state index contributed by atoms with van der Waals surface area (Å²) < 4.78 is 0. The number of alkyl halides is 1. The average Bonchev–Trinajstić information content (AvgIpc) is 2.72. The second-order valence-corrected chi connectivity index (χ2v) is 6.15. The zero-order valence-electron chi connectivity index (χ0n) is 11.2. The number of thiazole rings is 1. The summed E-state index contributed by atoms with van der Waals surface area (Å²) in [6.45, 7) is 5.72. The Labute approximate surface area is 119 Å². The molecule has 1 aliphatic rings. The Balaban J connectivity index is 2.12. The van der Waals surface area contributed by atoms with Gasteiger partial charge in [-0.3, -0.25) is 0 Å². The Kier molecular flexibility index (Phi) is 5.27. The molecule has 0 N–H and O–H groups in total. The molecule has 0 saturated carbocycles. The molecule has 102 valence electrons. The largest absolute Gasteiger partial charge is 0.344 e. The summed E-state index contributed by atoms with van der Waals surface area (Å²) in [5, 5.41) is 3.33. The maximum Gasteiger partial charge on any atom is 0.185 e. The lowest BCUT2D eigenvalue weighted by Crippen LogP contribution is -2.39. The van der Waals surface area contributed by atoms with Gasteiger partial charge in [0.05, 0.1) is 5.69 Å². The van der Waals surface area contributed by atoms with Crippen molar-refractivity contribution in [2.45, 2.75) is 32.2 Å². The first-order chi connectivity index (χ1) is 8.74. The van der Waals surface area contributed by atoms with Crippen LogP contribution in [-0.4, -0.2) is 48.5 Å². The Bertz CT molecular complexity index is 369. The van der Waals surface area contributed by atoms with E-state index in [1.807, 2.05) is 0 Å². The number of anilines is 1. The summed E-state index contributed by atoms with van der Waals surface area (Å²) in [4.78, 5) is 9.65. The molecule has 3 nitrogen and oxygen atoms in total. The molecule has 18 heavy (non-hydrogen) atoms. The van der Waals surface area contributed by atoms with E-state index in [-0.39, 0.29) is 0 Å². The zero-order valence-corrected chi connectivity index (χ0v) is 12.8. The van der Waals surface area contributed by atoms with Gasteiger partial charge in [-0.25, -0.2) is 4.98 Å². The molecule has 1 aromatic heterocycles. The van der Waals surface area contributed by atoms with Gasteiger partial charge in [0.25, 0.3) is 0 Å². The Hall–Kier alpha value is -0.320. The van der Waals surface area contributed by atoms with Crippen LogP contribution in [0.25, 0.3) is 0 Å². The van der Waals surface area contributed by atoms with Gasteiger partial charge >= 0.3 is 0 Å². The van der Waals surface area contributed by atoms with Crippen molar-refractivity contribution < 1.29 is 0 Å². The summed E-state index contributed by atoms with van der Waals surface area (Å²) in [6.07, 6.45) is 3.27. The topological polar surface area (TPSA) is 19.4 Å². The van der Waals surface area contributed by atoms with Crippen LogP contribution in [0.3, 0.4) is 0 Å². The molecular weight excluding hydrogens is 266 g/mol. The number of hydrogen-bond acceptors (Lipinski definition) is 4. The summed E-state index contributed by atoms with van der Waals surface area (Å²) in [6, 6.07) is 0.590. The number of halogens is 1. The van der Waals surface area contributed by atoms with Gasteiger partial charge in [0.2, 0.25) is 0 Å². The predicted octanol–water partition coefficient (Wildman–Crippen LogP) is 2.84. The zero-order chi connectivity index (χ0) is 13.0. The molecule has 2 rings (SSSR count). The number of rotatable bonds is 4. The smallest absolute Gasteiger partial charge is 0.185 e. The Morgan fingerprint density at radius 1 is 1.50 bits per heavy atom. The third-order valence-corrected chi connectivity index (χ3v) is 4.62. The predicted molar refractivity (Wildman–Crippen MR) is 80.1 cm³/mol. The highest BCUT2D eigenvalue weighted by Crippen LogP contribution is 2.26. The minimum atomic E-state index is 0.590. The highest BCUT2D eigenvalue weighted by atomic mass is 35.5. The van der Waals surface area contributed by atoms with E-state index in [1.54, 1.807) is 11.3 Å². The highest BCUT2D eigenvalue weighted by Gasteiger charge is 2.24. The van der Waals surface area contributed by atoms with Gasteiger partial charge in [0.15, 0.2) is 5.13 Å². The third kappa shape index (κ3) is 3.37. The molecule has 1 aliphatic heterocycles. The lowest BCUT2D eigenvalue weighted by molar-refractivity contribution is 0.328. The lowest BCUT2D eigenvalue weighted by atomic mass is 10.2. The van der Waals surface area contributed by atoms with E-state index in [9.17, 15) is 0 Å². The normalized spacial score (nSPS) is 22.2. The minimum Gasteiger partial charge on any atom is -0.344 e. The molecule has 0 aromatic carbocycles. The van der Waals surface area contributed by atoms with Gasteiger partial charge in [0.1, 0.15) is 0 Å². The molecule has 5 heteroatoms. The van der Waals surface area contributed by atoms with Gasteiger partial charge in [-0.1, -0.05) is 6.92 Å². The maximum atomic E-state index is 5.78. The molecule has 1 saturated heterocycles. The molecule has 0 aliphatic carbocycles. The van der Waals surface area contributed by atoms with Crippen LogP contribution in [0.2, 0.25) is 0 Å². The van der Waals surface area contributed by atoms with Crippen molar-refractivity contribution in [2.24, 2.45) is 0 Å². The van der Waals surface area contributed by atoms with E-state index in [2.05, 4.69) is 29.2 Å². The van der Waals surface area contributed by atoms with Crippen LogP contribution in [0, 0.1) is 0 Å². The highest BCUT2D eigenvalue weighted by molar-refractivity contribution is 7.13. The van der Waals surface area contributed by atoms with E-state index in [0.29, 0.717) is 11.9 Å². The SMILES string of the molecule is CCC1CN(C)CCCN1c1nc(CCCl)cs1. The number of aromatic nitrogens is 1. The van der Waals surface area contributed by atoms with E-state index < -0.39 is 0 Å². The molecule has 0 radical (unpaired) electrons. The van der Waals surface area contributed by atoms with Crippen LogP contribution in [0.1, 0.15) is 25.5 Å². The minimum absolute atomic E-state index is 0.590. The van der Waals surface area contributed by atoms with Crippen molar-refractivity contribution in [1.29, 1.82) is 0 Å². The van der Waals surface area contributed by atoms with Crippen LogP contribution in [0.5, 0.6) is 0 Å². The van der Waals surface area contributed by atoms with Gasteiger partial charge in [-0.2, -0.15) is 0 Å². The van der Waals surface area contributed by atoms with Crippen molar-refractivity contribution >= 4 is 28.1 Å². The number of hydrogen-bond donors (Lipinski definition) is 0. The van der Waals surface area contributed by atoms with Gasteiger partial charge in [0, 0.05) is 36.8 Å². The molecule has 2 heterocycles. The standard InChI is InChI=1S/C13H22ClN3S/c1-3-12-9-16(2)7-4-8-17(12)13-15-11(5-6-14)10-18-13/h10,12H,3-9H2,1-2H3. The van der Waals surface area contributed by atoms with Gasteiger partial charge in [-0.05, 0) is 26.4 Å². The second-order valence-electron chi connectivity index (χ2n) is 4.93. The van der Waals surface area contributed by atoms with Crippen LogP contribution in [-0.2, 0) is 6.42 Å². The molecule has 1 fully saturated rings. The van der Waals surface area contributed by atoms with Crippen molar-refractivity contribution in [1.82, 2.24) is 9.88 Å². The summed E-state index contributed by atoms with van der Waals surface area (Å²) in [5.74, 6) is 0.656. The number of aryl methyl sites for hydroxylation is 1. The average molecular weight is 288 g/mol. The Morgan fingerprint density at radius 3 is 3.06 bits per heavy atom. The molecule has 0 bridgehead atoms. The van der Waals surface area contributed by atoms with Crippen molar-refractivity contribution in [3.05, 3.63) is 11.1 Å². The molecule has 1 aromatic rings. The third-order valence-electron chi connectivity index (χ3n) is 3.51. The van der Waals surface area contributed by atoms with E-state index in [0.717, 1.165) is 25.2 Å². The lowest BCUT2D eigenvalue weighted by Gasteiger charge is -2.29. The number of likely N-dealkylation sites (N-methyl/N-ethyl adjacent to an activating group) is 1.